The zero-order valence-electron chi connectivity index (χ0n) is 10.0. The second kappa shape index (κ2) is 6.82. The van der Waals surface area contributed by atoms with Crippen LogP contribution >= 0.6 is 11.6 Å². The molecule has 0 amide bonds. The van der Waals surface area contributed by atoms with Gasteiger partial charge in [0.2, 0.25) is 0 Å². The zero-order valence-corrected chi connectivity index (χ0v) is 10.8. The summed E-state index contributed by atoms with van der Waals surface area (Å²) < 4.78 is 0. The molecule has 0 unspecified atom stereocenters. The third-order valence-electron chi connectivity index (χ3n) is 2.45. The molecule has 2 aromatic carbocycles. The average molecular weight is 259 g/mol. The summed E-state index contributed by atoms with van der Waals surface area (Å²) >= 11 is 5.81. The number of rotatable bonds is 5. The van der Waals surface area contributed by atoms with Crippen LogP contribution in [0.5, 0.6) is 0 Å². The fourth-order valence-electron chi connectivity index (χ4n) is 1.54. The molecule has 0 bridgehead atoms. The van der Waals surface area contributed by atoms with E-state index < -0.39 is 0 Å². The molecule has 0 aliphatic carbocycles. The molecule has 2 rings (SSSR count). The molecule has 0 radical (unpaired) electrons. The lowest BCUT2D eigenvalue weighted by Gasteiger charge is -2.03. The maximum Gasteiger partial charge on any atom is 0.0562 e. The quantitative estimate of drug-likeness (QED) is 0.639. The van der Waals surface area contributed by atoms with Gasteiger partial charge < -0.3 is 5.32 Å². The van der Waals surface area contributed by atoms with E-state index >= 15 is 0 Å². The first-order chi connectivity index (χ1) is 8.84. The normalized spacial score (nSPS) is 10.7. The summed E-state index contributed by atoms with van der Waals surface area (Å²) in [5.74, 6) is 0. The first-order valence-electron chi connectivity index (χ1n) is 5.89. The smallest absolute Gasteiger partial charge is 0.0562 e. The molecule has 0 saturated carbocycles. The number of halogens is 1. The molecule has 92 valence electrons. The van der Waals surface area contributed by atoms with Gasteiger partial charge in [-0.25, -0.2) is 0 Å². The van der Waals surface area contributed by atoms with Crippen LogP contribution in [-0.2, 0) is 0 Å². The summed E-state index contributed by atoms with van der Waals surface area (Å²) in [6.07, 6.45) is 1.89. The fourth-order valence-corrected chi connectivity index (χ4v) is 1.67. The van der Waals surface area contributed by atoms with Gasteiger partial charge in [0, 0.05) is 23.5 Å². The molecule has 18 heavy (non-hydrogen) atoms. The van der Waals surface area contributed by atoms with Crippen molar-refractivity contribution >= 4 is 23.5 Å². The van der Waals surface area contributed by atoms with E-state index in [-0.39, 0.29) is 0 Å². The fraction of sp³-hybridized carbons (Fsp3) is 0.133. The highest BCUT2D eigenvalue weighted by Gasteiger charge is 1.90. The van der Waals surface area contributed by atoms with Crippen molar-refractivity contribution in [2.45, 2.75) is 0 Å². The molecule has 2 nitrogen and oxygen atoms in total. The van der Waals surface area contributed by atoms with Gasteiger partial charge in [-0.1, -0.05) is 41.9 Å². The van der Waals surface area contributed by atoms with E-state index in [9.17, 15) is 0 Å². The maximum atomic E-state index is 5.81. The first kappa shape index (κ1) is 12.7. The Balaban J connectivity index is 1.73. The molecule has 1 N–H and O–H groups in total. The lowest BCUT2D eigenvalue weighted by Crippen LogP contribution is -2.04. The van der Waals surface area contributed by atoms with Crippen molar-refractivity contribution in [3.05, 3.63) is 65.2 Å². The second-order valence-electron chi connectivity index (χ2n) is 3.88. The Kier molecular flexibility index (Phi) is 4.79. The Hall–Kier alpha value is -1.80. The van der Waals surface area contributed by atoms with E-state index in [1.807, 2.05) is 60.8 Å². The predicted octanol–water partition coefficient (Wildman–Crippen LogP) is 3.87. The van der Waals surface area contributed by atoms with Gasteiger partial charge in [-0.05, 0) is 29.8 Å². The number of hydrogen-bond donors (Lipinski definition) is 1. The lowest BCUT2D eigenvalue weighted by molar-refractivity contribution is 1.03. The number of nitrogens with one attached hydrogen (secondary N) is 1. The third-order valence-corrected chi connectivity index (χ3v) is 2.71. The van der Waals surface area contributed by atoms with Crippen LogP contribution in [0.4, 0.5) is 5.69 Å². The molecule has 0 saturated heterocycles. The molecule has 0 aliphatic rings. The van der Waals surface area contributed by atoms with Crippen molar-refractivity contribution in [3.8, 4) is 0 Å². The molecule has 0 spiro atoms. The molecule has 2 aromatic rings. The Bertz CT molecular complexity index is 492. The van der Waals surface area contributed by atoms with E-state index in [2.05, 4.69) is 10.3 Å². The van der Waals surface area contributed by atoms with Crippen molar-refractivity contribution in [1.82, 2.24) is 0 Å². The third kappa shape index (κ3) is 4.22. The molecule has 0 aromatic heterocycles. The van der Waals surface area contributed by atoms with Crippen LogP contribution in [0, 0.1) is 0 Å². The minimum atomic E-state index is 0.748. The SMILES string of the molecule is Clc1ccc(NCCN=Cc2ccccc2)cc1. The van der Waals surface area contributed by atoms with Gasteiger partial charge in [0.1, 0.15) is 0 Å². The van der Waals surface area contributed by atoms with Crippen molar-refractivity contribution in [3.63, 3.8) is 0 Å². The summed E-state index contributed by atoms with van der Waals surface area (Å²) in [6.45, 7) is 1.56. The molecule has 0 aliphatic heterocycles. The summed E-state index contributed by atoms with van der Waals surface area (Å²) in [7, 11) is 0. The van der Waals surface area contributed by atoms with Gasteiger partial charge in [0.15, 0.2) is 0 Å². The summed E-state index contributed by atoms with van der Waals surface area (Å²) in [6, 6.07) is 17.8. The van der Waals surface area contributed by atoms with Gasteiger partial charge in [-0.15, -0.1) is 0 Å². The second-order valence-corrected chi connectivity index (χ2v) is 4.32. The minimum absolute atomic E-state index is 0.748. The Morgan fingerprint density at radius 3 is 2.44 bits per heavy atom. The van der Waals surface area contributed by atoms with E-state index in [0.717, 1.165) is 29.4 Å². The Morgan fingerprint density at radius 2 is 1.72 bits per heavy atom. The largest absolute Gasteiger partial charge is 0.383 e. The number of benzene rings is 2. The Morgan fingerprint density at radius 1 is 1.00 bits per heavy atom. The van der Waals surface area contributed by atoms with Crippen LogP contribution in [0.25, 0.3) is 0 Å². The molecule has 0 heterocycles. The van der Waals surface area contributed by atoms with Gasteiger partial charge in [0.05, 0.1) is 6.54 Å². The summed E-state index contributed by atoms with van der Waals surface area (Å²) in [5, 5.41) is 4.04. The lowest BCUT2D eigenvalue weighted by atomic mass is 10.2. The number of hydrogen-bond acceptors (Lipinski definition) is 2. The molecule has 3 heteroatoms. The summed E-state index contributed by atoms with van der Waals surface area (Å²) in [5.41, 5.74) is 2.19. The zero-order chi connectivity index (χ0) is 12.6. The van der Waals surface area contributed by atoms with Crippen molar-refractivity contribution in [2.24, 2.45) is 4.99 Å². The molecular weight excluding hydrogens is 244 g/mol. The van der Waals surface area contributed by atoms with E-state index in [4.69, 9.17) is 11.6 Å². The van der Waals surface area contributed by atoms with Crippen LogP contribution in [0.1, 0.15) is 5.56 Å². The highest BCUT2D eigenvalue weighted by molar-refractivity contribution is 6.30. The monoisotopic (exact) mass is 258 g/mol. The van der Waals surface area contributed by atoms with E-state index in [0.29, 0.717) is 0 Å². The van der Waals surface area contributed by atoms with Crippen LogP contribution in [-0.4, -0.2) is 19.3 Å². The first-order valence-corrected chi connectivity index (χ1v) is 6.27. The van der Waals surface area contributed by atoms with Crippen molar-refractivity contribution in [2.75, 3.05) is 18.4 Å². The van der Waals surface area contributed by atoms with E-state index in [1.165, 1.54) is 0 Å². The topological polar surface area (TPSA) is 24.4 Å². The van der Waals surface area contributed by atoms with Gasteiger partial charge in [-0.2, -0.15) is 0 Å². The maximum absolute atomic E-state index is 5.81. The predicted molar refractivity (Wildman–Crippen MR) is 78.8 cm³/mol. The van der Waals surface area contributed by atoms with Gasteiger partial charge in [-0.3, -0.25) is 4.99 Å². The van der Waals surface area contributed by atoms with Crippen LogP contribution < -0.4 is 5.32 Å². The van der Waals surface area contributed by atoms with Crippen LogP contribution in [0.3, 0.4) is 0 Å². The molecule has 0 atom stereocenters. The van der Waals surface area contributed by atoms with E-state index in [1.54, 1.807) is 0 Å². The highest BCUT2D eigenvalue weighted by atomic mass is 35.5. The van der Waals surface area contributed by atoms with Crippen LogP contribution in [0.15, 0.2) is 59.6 Å². The number of nitrogens with zero attached hydrogens (tertiary/aromatic N) is 1. The number of aliphatic imine (C=N–C) groups is 1. The Labute approximate surface area is 112 Å². The van der Waals surface area contributed by atoms with Crippen LogP contribution in [0.2, 0.25) is 5.02 Å². The minimum Gasteiger partial charge on any atom is -0.383 e. The van der Waals surface area contributed by atoms with Crippen molar-refractivity contribution < 1.29 is 0 Å². The van der Waals surface area contributed by atoms with Gasteiger partial charge in [0.25, 0.3) is 0 Å². The molecular formula is C15H15ClN2. The summed E-state index contributed by atoms with van der Waals surface area (Å²) in [4.78, 5) is 4.36. The highest BCUT2D eigenvalue weighted by Crippen LogP contribution is 2.12. The average Bonchev–Trinajstić information content (AvgIpc) is 2.42. The standard InChI is InChI=1S/C15H15ClN2/c16-14-6-8-15(9-7-14)18-11-10-17-12-13-4-2-1-3-5-13/h1-9,12,18H,10-11H2. The van der Waals surface area contributed by atoms with Gasteiger partial charge >= 0.3 is 0 Å². The van der Waals surface area contributed by atoms with Crippen molar-refractivity contribution in [1.29, 1.82) is 0 Å². The molecule has 0 fully saturated rings. The number of anilines is 1.